The molecule has 0 aliphatic carbocycles. The fourth-order valence-electron chi connectivity index (χ4n) is 0.943. The SMILES string of the molecule is C=CCCC[C@@](C)(C=C)NC. The number of hydrogen-bond donors (Lipinski definition) is 1. The Labute approximate surface area is 70.2 Å². The number of rotatable bonds is 6. The minimum Gasteiger partial charge on any atom is -0.311 e. The molecule has 64 valence electrons. The van der Waals surface area contributed by atoms with Crippen LogP contribution in [0, 0.1) is 0 Å². The maximum Gasteiger partial charge on any atom is 0.0330 e. The minimum atomic E-state index is 0.100. The van der Waals surface area contributed by atoms with Gasteiger partial charge in [0.05, 0.1) is 0 Å². The summed E-state index contributed by atoms with van der Waals surface area (Å²) in [5.74, 6) is 0. The average Bonchev–Trinajstić information content (AvgIpc) is 2.05. The van der Waals surface area contributed by atoms with E-state index in [-0.39, 0.29) is 5.54 Å². The summed E-state index contributed by atoms with van der Waals surface area (Å²) in [6, 6.07) is 0. The molecule has 0 heterocycles. The smallest absolute Gasteiger partial charge is 0.0330 e. The number of allylic oxidation sites excluding steroid dienone is 1. The maximum absolute atomic E-state index is 3.79. The molecule has 0 aliphatic heterocycles. The van der Waals surface area contributed by atoms with E-state index in [9.17, 15) is 0 Å². The van der Waals surface area contributed by atoms with E-state index in [0.29, 0.717) is 0 Å². The van der Waals surface area contributed by atoms with E-state index in [0.717, 1.165) is 12.8 Å². The number of likely N-dealkylation sites (N-methyl/N-ethyl adjacent to an activating group) is 1. The molecule has 0 saturated carbocycles. The molecule has 0 fully saturated rings. The Kier molecular flexibility index (Phi) is 4.88. The predicted octanol–water partition coefficient (Wildman–Crippen LogP) is 2.51. The van der Waals surface area contributed by atoms with Gasteiger partial charge in [0.15, 0.2) is 0 Å². The lowest BCUT2D eigenvalue weighted by atomic mass is 9.95. The van der Waals surface area contributed by atoms with Crippen LogP contribution in [-0.2, 0) is 0 Å². The van der Waals surface area contributed by atoms with Gasteiger partial charge in [0.1, 0.15) is 0 Å². The molecule has 1 nitrogen and oxygen atoms in total. The van der Waals surface area contributed by atoms with Crippen molar-refractivity contribution in [2.24, 2.45) is 0 Å². The second-order valence-corrected chi connectivity index (χ2v) is 3.05. The quantitative estimate of drug-likeness (QED) is 0.456. The lowest BCUT2D eigenvalue weighted by molar-refractivity contribution is 0.432. The highest BCUT2D eigenvalue weighted by Gasteiger charge is 2.15. The first-order chi connectivity index (χ1) is 5.18. The van der Waals surface area contributed by atoms with Gasteiger partial charge in [0.2, 0.25) is 0 Å². The van der Waals surface area contributed by atoms with Gasteiger partial charge in [0.25, 0.3) is 0 Å². The van der Waals surface area contributed by atoms with Crippen molar-refractivity contribution >= 4 is 0 Å². The number of unbranched alkanes of at least 4 members (excludes halogenated alkanes) is 1. The molecule has 11 heavy (non-hydrogen) atoms. The average molecular weight is 153 g/mol. The summed E-state index contributed by atoms with van der Waals surface area (Å²) in [4.78, 5) is 0. The minimum absolute atomic E-state index is 0.100. The summed E-state index contributed by atoms with van der Waals surface area (Å²) in [6.07, 6.45) is 7.31. The largest absolute Gasteiger partial charge is 0.311 e. The van der Waals surface area contributed by atoms with Gasteiger partial charge in [-0.05, 0) is 33.2 Å². The molecular weight excluding hydrogens is 134 g/mol. The van der Waals surface area contributed by atoms with E-state index < -0.39 is 0 Å². The van der Waals surface area contributed by atoms with E-state index in [2.05, 4.69) is 25.4 Å². The third kappa shape index (κ3) is 3.99. The van der Waals surface area contributed by atoms with Gasteiger partial charge in [-0.2, -0.15) is 0 Å². The van der Waals surface area contributed by atoms with Crippen LogP contribution in [0.5, 0.6) is 0 Å². The third-order valence-electron chi connectivity index (χ3n) is 2.13. The molecule has 1 heteroatoms. The zero-order valence-corrected chi connectivity index (χ0v) is 7.69. The second kappa shape index (κ2) is 5.14. The highest BCUT2D eigenvalue weighted by atomic mass is 14.9. The van der Waals surface area contributed by atoms with E-state index in [1.165, 1.54) is 6.42 Å². The van der Waals surface area contributed by atoms with E-state index in [4.69, 9.17) is 0 Å². The fraction of sp³-hybridized carbons (Fsp3) is 0.600. The van der Waals surface area contributed by atoms with Crippen molar-refractivity contribution in [3.8, 4) is 0 Å². The van der Waals surface area contributed by atoms with Crippen molar-refractivity contribution in [3.63, 3.8) is 0 Å². The Hall–Kier alpha value is -0.560. The molecule has 0 bridgehead atoms. The van der Waals surface area contributed by atoms with Crippen LogP contribution in [0.2, 0.25) is 0 Å². The predicted molar refractivity (Wildman–Crippen MR) is 51.7 cm³/mol. The van der Waals surface area contributed by atoms with Crippen molar-refractivity contribution in [2.75, 3.05) is 7.05 Å². The summed E-state index contributed by atoms with van der Waals surface area (Å²) in [5, 5.41) is 3.23. The van der Waals surface area contributed by atoms with E-state index >= 15 is 0 Å². The van der Waals surface area contributed by atoms with Gasteiger partial charge in [-0.3, -0.25) is 0 Å². The molecule has 0 saturated heterocycles. The number of nitrogens with one attached hydrogen (secondary N) is 1. The van der Waals surface area contributed by atoms with Gasteiger partial charge in [0, 0.05) is 5.54 Å². The molecule has 0 aromatic carbocycles. The summed E-state index contributed by atoms with van der Waals surface area (Å²) >= 11 is 0. The molecule has 0 aromatic rings. The van der Waals surface area contributed by atoms with Gasteiger partial charge in [-0.15, -0.1) is 13.2 Å². The Morgan fingerprint density at radius 3 is 2.45 bits per heavy atom. The monoisotopic (exact) mass is 153 g/mol. The van der Waals surface area contributed by atoms with Crippen LogP contribution in [0.4, 0.5) is 0 Å². The first kappa shape index (κ1) is 10.4. The van der Waals surface area contributed by atoms with Crippen LogP contribution in [0.3, 0.4) is 0 Å². The van der Waals surface area contributed by atoms with E-state index in [1.807, 2.05) is 19.2 Å². The van der Waals surface area contributed by atoms with E-state index in [1.54, 1.807) is 0 Å². The molecular formula is C10H19N. The molecule has 0 rings (SSSR count). The summed E-state index contributed by atoms with van der Waals surface area (Å²) in [5.41, 5.74) is 0.100. The van der Waals surface area contributed by atoms with Gasteiger partial charge in [-0.1, -0.05) is 12.2 Å². The number of hydrogen-bond acceptors (Lipinski definition) is 1. The first-order valence-electron chi connectivity index (χ1n) is 4.12. The summed E-state index contributed by atoms with van der Waals surface area (Å²) < 4.78 is 0. The first-order valence-corrected chi connectivity index (χ1v) is 4.12. The molecule has 0 amide bonds. The molecule has 0 unspecified atom stereocenters. The highest BCUT2D eigenvalue weighted by Crippen LogP contribution is 2.13. The van der Waals surface area contributed by atoms with Crippen LogP contribution in [0.25, 0.3) is 0 Å². The topological polar surface area (TPSA) is 12.0 Å². The van der Waals surface area contributed by atoms with Crippen LogP contribution in [-0.4, -0.2) is 12.6 Å². The van der Waals surface area contributed by atoms with Crippen molar-refractivity contribution < 1.29 is 0 Å². The zero-order chi connectivity index (χ0) is 8.74. The van der Waals surface area contributed by atoms with Crippen LogP contribution in [0.1, 0.15) is 26.2 Å². The van der Waals surface area contributed by atoms with Gasteiger partial charge >= 0.3 is 0 Å². The van der Waals surface area contributed by atoms with Crippen molar-refractivity contribution in [3.05, 3.63) is 25.3 Å². The van der Waals surface area contributed by atoms with Crippen LogP contribution >= 0.6 is 0 Å². The molecule has 1 N–H and O–H groups in total. The normalized spacial score (nSPS) is 15.5. The summed E-state index contributed by atoms with van der Waals surface area (Å²) in [7, 11) is 1.97. The van der Waals surface area contributed by atoms with Crippen LogP contribution in [0.15, 0.2) is 25.3 Å². The molecule has 0 aliphatic rings. The lowest BCUT2D eigenvalue weighted by Gasteiger charge is -2.24. The van der Waals surface area contributed by atoms with Crippen molar-refractivity contribution in [2.45, 2.75) is 31.7 Å². The standard InChI is InChI=1S/C10H19N/c1-5-7-8-9-10(3,6-2)11-4/h5-6,11H,1-2,7-9H2,3-4H3/t10-/m1/s1. The Morgan fingerprint density at radius 1 is 1.45 bits per heavy atom. The van der Waals surface area contributed by atoms with Crippen molar-refractivity contribution in [1.82, 2.24) is 5.32 Å². The zero-order valence-electron chi connectivity index (χ0n) is 7.69. The van der Waals surface area contributed by atoms with Gasteiger partial charge in [-0.25, -0.2) is 0 Å². The van der Waals surface area contributed by atoms with Crippen LogP contribution < -0.4 is 5.32 Å². The second-order valence-electron chi connectivity index (χ2n) is 3.05. The van der Waals surface area contributed by atoms with Crippen molar-refractivity contribution in [1.29, 1.82) is 0 Å². The summed E-state index contributed by atoms with van der Waals surface area (Å²) in [6.45, 7) is 9.64. The molecule has 0 spiro atoms. The third-order valence-corrected chi connectivity index (χ3v) is 2.13. The lowest BCUT2D eigenvalue weighted by Crippen LogP contribution is -2.37. The highest BCUT2D eigenvalue weighted by molar-refractivity contribution is 4.98. The molecule has 1 atom stereocenters. The Balaban J connectivity index is 3.68. The molecule has 0 aromatic heterocycles. The maximum atomic E-state index is 3.79. The Bertz CT molecular complexity index is 129. The molecule has 0 radical (unpaired) electrons. The fourth-order valence-corrected chi connectivity index (χ4v) is 0.943. The Morgan fingerprint density at radius 2 is 2.09 bits per heavy atom. The van der Waals surface area contributed by atoms with Gasteiger partial charge < -0.3 is 5.32 Å².